The molecule has 1 heterocycles. The number of fused-ring (bicyclic) bond motifs is 2. The lowest BCUT2D eigenvalue weighted by molar-refractivity contribution is 0.840. The van der Waals surface area contributed by atoms with Crippen LogP contribution in [0.4, 0.5) is 5.69 Å². The Labute approximate surface area is 157 Å². The first-order chi connectivity index (χ1) is 13.3. The molecule has 0 fully saturated rings. The van der Waals surface area contributed by atoms with E-state index >= 15 is 0 Å². The maximum atomic E-state index is 6.03. The molecule has 1 aromatic heterocycles. The second-order valence-electron chi connectivity index (χ2n) is 6.77. The molecule has 5 aromatic rings. The van der Waals surface area contributed by atoms with Crippen molar-refractivity contribution < 1.29 is 0 Å². The van der Waals surface area contributed by atoms with Crippen molar-refractivity contribution in [1.29, 1.82) is 0 Å². The standard InChI is InChI=1S/C24H19N3/c25-20-11-6-9-18(15-20)24-26-22-13-3-4-14-23(22)27(24)16-19-10-5-8-17-7-1-2-12-21(17)19/h1-15H,16,25H2. The Morgan fingerprint density at radius 1 is 0.778 bits per heavy atom. The van der Waals surface area contributed by atoms with Crippen molar-refractivity contribution in [3.8, 4) is 11.4 Å². The normalized spacial score (nSPS) is 11.3. The molecule has 0 saturated heterocycles. The molecule has 0 aliphatic rings. The van der Waals surface area contributed by atoms with Gasteiger partial charge in [-0.2, -0.15) is 0 Å². The van der Waals surface area contributed by atoms with Crippen LogP contribution in [0, 0.1) is 0 Å². The van der Waals surface area contributed by atoms with Gasteiger partial charge >= 0.3 is 0 Å². The highest BCUT2D eigenvalue weighted by Crippen LogP contribution is 2.28. The molecule has 0 atom stereocenters. The van der Waals surface area contributed by atoms with E-state index in [-0.39, 0.29) is 0 Å². The minimum absolute atomic E-state index is 0.747. The zero-order chi connectivity index (χ0) is 18.2. The van der Waals surface area contributed by atoms with Crippen LogP contribution in [0.25, 0.3) is 33.2 Å². The van der Waals surface area contributed by atoms with Gasteiger partial charge in [0.15, 0.2) is 0 Å². The van der Waals surface area contributed by atoms with Crippen molar-refractivity contribution in [2.24, 2.45) is 0 Å². The van der Waals surface area contributed by atoms with E-state index in [1.54, 1.807) is 0 Å². The summed E-state index contributed by atoms with van der Waals surface area (Å²) in [5.74, 6) is 0.941. The van der Waals surface area contributed by atoms with Crippen molar-refractivity contribution >= 4 is 27.5 Å². The van der Waals surface area contributed by atoms with Gasteiger partial charge in [0, 0.05) is 11.3 Å². The van der Waals surface area contributed by atoms with Gasteiger partial charge in [-0.05, 0) is 40.6 Å². The topological polar surface area (TPSA) is 43.8 Å². The van der Waals surface area contributed by atoms with Crippen LogP contribution in [-0.4, -0.2) is 9.55 Å². The van der Waals surface area contributed by atoms with Crippen LogP contribution in [0.5, 0.6) is 0 Å². The molecule has 0 unspecified atom stereocenters. The number of imidazole rings is 1. The molecule has 27 heavy (non-hydrogen) atoms. The zero-order valence-corrected chi connectivity index (χ0v) is 14.8. The third-order valence-electron chi connectivity index (χ3n) is 5.01. The van der Waals surface area contributed by atoms with E-state index in [2.05, 4.69) is 71.3 Å². The van der Waals surface area contributed by atoms with Crippen molar-refractivity contribution in [1.82, 2.24) is 9.55 Å². The molecule has 0 bridgehead atoms. The minimum Gasteiger partial charge on any atom is -0.399 e. The van der Waals surface area contributed by atoms with Gasteiger partial charge in [0.2, 0.25) is 0 Å². The molecule has 5 rings (SSSR count). The molecular weight excluding hydrogens is 330 g/mol. The highest BCUT2D eigenvalue weighted by atomic mass is 15.1. The Morgan fingerprint density at radius 3 is 2.48 bits per heavy atom. The van der Waals surface area contributed by atoms with Crippen LogP contribution >= 0.6 is 0 Å². The molecule has 0 aliphatic carbocycles. The van der Waals surface area contributed by atoms with Crippen LogP contribution in [0.2, 0.25) is 0 Å². The molecule has 4 aromatic carbocycles. The monoisotopic (exact) mass is 349 g/mol. The lowest BCUT2D eigenvalue weighted by atomic mass is 10.0. The molecule has 2 N–H and O–H groups in total. The molecule has 0 aliphatic heterocycles. The maximum absolute atomic E-state index is 6.03. The number of benzene rings is 4. The summed E-state index contributed by atoms with van der Waals surface area (Å²) >= 11 is 0. The van der Waals surface area contributed by atoms with Gasteiger partial charge < -0.3 is 10.3 Å². The summed E-state index contributed by atoms with van der Waals surface area (Å²) in [6, 6.07) is 31.2. The summed E-state index contributed by atoms with van der Waals surface area (Å²) < 4.78 is 2.28. The summed E-state index contributed by atoms with van der Waals surface area (Å²) in [6.45, 7) is 0.756. The largest absolute Gasteiger partial charge is 0.399 e. The molecule has 0 amide bonds. The predicted octanol–water partition coefficient (Wildman–Crippen LogP) is 5.49. The van der Waals surface area contributed by atoms with E-state index in [1.807, 2.05) is 24.3 Å². The number of hydrogen-bond donors (Lipinski definition) is 1. The van der Waals surface area contributed by atoms with Crippen molar-refractivity contribution in [2.45, 2.75) is 6.54 Å². The highest BCUT2D eigenvalue weighted by molar-refractivity contribution is 5.86. The van der Waals surface area contributed by atoms with E-state index in [0.717, 1.165) is 34.7 Å². The molecule has 0 radical (unpaired) electrons. The summed E-state index contributed by atoms with van der Waals surface area (Å²) in [6.07, 6.45) is 0. The summed E-state index contributed by atoms with van der Waals surface area (Å²) in [7, 11) is 0. The van der Waals surface area contributed by atoms with Crippen LogP contribution in [0.15, 0.2) is 91.0 Å². The lowest BCUT2D eigenvalue weighted by Gasteiger charge is -2.12. The average Bonchev–Trinajstić information content (AvgIpc) is 3.07. The number of nitrogens with zero attached hydrogens (tertiary/aromatic N) is 2. The van der Waals surface area contributed by atoms with E-state index in [9.17, 15) is 0 Å². The zero-order valence-electron chi connectivity index (χ0n) is 14.8. The van der Waals surface area contributed by atoms with Gasteiger partial charge in [-0.1, -0.05) is 66.7 Å². The van der Waals surface area contributed by atoms with Crippen LogP contribution in [-0.2, 0) is 6.54 Å². The number of rotatable bonds is 3. The van der Waals surface area contributed by atoms with Gasteiger partial charge in [0.25, 0.3) is 0 Å². The first kappa shape index (κ1) is 15.6. The SMILES string of the molecule is Nc1cccc(-c2nc3ccccc3n2Cc2cccc3ccccc23)c1. The fourth-order valence-corrected chi connectivity index (χ4v) is 3.73. The maximum Gasteiger partial charge on any atom is 0.141 e. The number of anilines is 1. The smallest absolute Gasteiger partial charge is 0.141 e. The first-order valence-corrected chi connectivity index (χ1v) is 9.07. The molecular formula is C24H19N3. The van der Waals surface area contributed by atoms with E-state index in [4.69, 9.17) is 10.7 Å². The summed E-state index contributed by atoms with van der Waals surface area (Å²) in [4.78, 5) is 4.91. The van der Waals surface area contributed by atoms with E-state index < -0.39 is 0 Å². The van der Waals surface area contributed by atoms with Crippen LogP contribution < -0.4 is 5.73 Å². The molecule has 3 heteroatoms. The number of hydrogen-bond acceptors (Lipinski definition) is 2. The van der Waals surface area contributed by atoms with Gasteiger partial charge in [-0.15, -0.1) is 0 Å². The fourth-order valence-electron chi connectivity index (χ4n) is 3.73. The molecule has 3 nitrogen and oxygen atoms in total. The molecule has 0 saturated carbocycles. The average molecular weight is 349 g/mol. The Bertz CT molecular complexity index is 1260. The van der Waals surface area contributed by atoms with E-state index in [1.165, 1.54) is 16.3 Å². The Kier molecular flexibility index (Phi) is 3.65. The summed E-state index contributed by atoms with van der Waals surface area (Å²) in [5, 5.41) is 2.53. The van der Waals surface area contributed by atoms with E-state index in [0.29, 0.717) is 0 Å². The third-order valence-corrected chi connectivity index (χ3v) is 5.01. The minimum atomic E-state index is 0.747. The van der Waals surface area contributed by atoms with Gasteiger partial charge in [-0.25, -0.2) is 4.98 Å². The number of nitrogen functional groups attached to an aromatic ring is 1. The predicted molar refractivity (Wildman–Crippen MR) is 113 cm³/mol. The Morgan fingerprint density at radius 2 is 1.56 bits per heavy atom. The summed E-state index contributed by atoms with van der Waals surface area (Å²) in [5.41, 5.74) is 11.2. The number of aromatic nitrogens is 2. The van der Waals surface area contributed by atoms with Crippen molar-refractivity contribution in [3.05, 3.63) is 96.6 Å². The van der Waals surface area contributed by atoms with Crippen molar-refractivity contribution in [3.63, 3.8) is 0 Å². The van der Waals surface area contributed by atoms with Crippen molar-refractivity contribution in [2.75, 3.05) is 5.73 Å². The molecule has 130 valence electrons. The van der Waals surface area contributed by atoms with Crippen LogP contribution in [0.1, 0.15) is 5.56 Å². The van der Waals surface area contributed by atoms with Gasteiger partial charge in [-0.3, -0.25) is 0 Å². The second kappa shape index (κ2) is 6.29. The third kappa shape index (κ3) is 2.74. The highest BCUT2D eigenvalue weighted by Gasteiger charge is 2.14. The quantitative estimate of drug-likeness (QED) is 0.438. The van der Waals surface area contributed by atoms with Gasteiger partial charge in [0.1, 0.15) is 5.82 Å². The Hall–Kier alpha value is -3.59. The Balaban J connectivity index is 1.73. The second-order valence-corrected chi connectivity index (χ2v) is 6.77. The van der Waals surface area contributed by atoms with Crippen LogP contribution in [0.3, 0.4) is 0 Å². The molecule has 0 spiro atoms. The van der Waals surface area contributed by atoms with Gasteiger partial charge in [0.05, 0.1) is 17.6 Å². The number of nitrogens with two attached hydrogens (primary N) is 1. The first-order valence-electron chi connectivity index (χ1n) is 9.07. The fraction of sp³-hybridized carbons (Fsp3) is 0.0417. The number of para-hydroxylation sites is 2. The lowest BCUT2D eigenvalue weighted by Crippen LogP contribution is -2.03.